The number of thioether (sulfide) groups is 1. The van der Waals surface area contributed by atoms with Crippen LogP contribution in [0.15, 0.2) is 47.4 Å². The molecule has 21 heavy (non-hydrogen) atoms. The number of hydrogen-bond donors (Lipinski definition) is 1. The largest absolute Gasteiger partial charge is 0.484 e. The maximum atomic E-state index is 13.0. The van der Waals surface area contributed by atoms with Gasteiger partial charge in [-0.15, -0.1) is 11.8 Å². The third kappa shape index (κ3) is 4.46. The molecule has 0 bridgehead atoms. The van der Waals surface area contributed by atoms with E-state index in [0.29, 0.717) is 5.69 Å². The van der Waals surface area contributed by atoms with E-state index in [9.17, 15) is 13.6 Å². The summed E-state index contributed by atoms with van der Waals surface area (Å²) >= 11 is 1.60. The van der Waals surface area contributed by atoms with Crippen molar-refractivity contribution in [3.8, 4) is 5.75 Å². The number of amides is 1. The highest BCUT2D eigenvalue weighted by Crippen LogP contribution is 2.18. The quantitative estimate of drug-likeness (QED) is 0.856. The number of halogens is 2. The average molecular weight is 309 g/mol. The monoisotopic (exact) mass is 309 g/mol. The maximum Gasteiger partial charge on any atom is 0.262 e. The van der Waals surface area contributed by atoms with Gasteiger partial charge in [0.15, 0.2) is 18.2 Å². The fourth-order valence-corrected chi connectivity index (χ4v) is 2.00. The summed E-state index contributed by atoms with van der Waals surface area (Å²) < 4.78 is 30.8. The van der Waals surface area contributed by atoms with Crippen LogP contribution in [0.3, 0.4) is 0 Å². The SMILES string of the molecule is CSc1ccc(NC(=O)COc2ccc(F)c(F)c2)cc1. The van der Waals surface area contributed by atoms with E-state index in [1.54, 1.807) is 23.9 Å². The highest BCUT2D eigenvalue weighted by atomic mass is 32.2. The molecule has 3 nitrogen and oxygen atoms in total. The standard InChI is InChI=1S/C15H13F2NO2S/c1-21-12-5-2-10(3-6-12)18-15(19)9-20-11-4-7-13(16)14(17)8-11/h2-8H,9H2,1H3,(H,18,19). The molecule has 0 radical (unpaired) electrons. The first-order chi connectivity index (χ1) is 10.1. The van der Waals surface area contributed by atoms with Crippen molar-refractivity contribution in [1.82, 2.24) is 0 Å². The first kappa shape index (κ1) is 15.3. The number of rotatable bonds is 5. The van der Waals surface area contributed by atoms with E-state index in [1.165, 1.54) is 6.07 Å². The molecular formula is C15H13F2NO2S. The smallest absolute Gasteiger partial charge is 0.262 e. The van der Waals surface area contributed by atoms with Crippen LogP contribution >= 0.6 is 11.8 Å². The molecule has 1 amide bonds. The van der Waals surface area contributed by atoms with Crippen molar-refractivity contribution >= 4 is 23.4 Å². The van der Waals surface area contributed by atoms with E-state index in [4.69, 9.17) is 4.74 Å². The third-order valence-electron chi connectivity index (χ3n) is 2.63. The predicted molar refractivity (Wildman–Crippen MR) is 78.7 cm³/mol. The summed E-state index contributed by atoms with van der Waals surface area (Å²) in [5.41, 5.74) is 0.645. The van der Waals surface area contributed by atoms with E-state index in [2.05, 4.69) is 5.32 Å². The Bertz CT molecular complexity index is 632. The van der Waals surface area contributed by atoms with Crippen molar-refractivity contribution < 1.29 is 18.3 Å². The Balaban J connectivity index is 1.87. The van der Waals surface area contributed by atoms with Gasteiger partial charge in [0.1, 0.15) is 5.75 Å². The van der Waals surface area contributed by atoms with Gasteiger partial charge in [-0.1, -0.05) is 0 Å². The molecule has 0 aliphatic heterocycles. The lowest BCUT2D eigenvalue weighted by molar-refractivity contribution is -0.118. The second-order valence-electron chi connectivity index (χ2n) is 4.14. The number of benzene rings is 2. The molecule has 0 fully saturated rings. The molecule has 2 aromatic carbocycles. The van der Waals surface area contributed by atoms with Gasteiger partial charge in [0.05, 0.1) is 0 Å². The van der Waals surface area contributed by atoms with Gasteiger partial charge in [0, 0.05) is 16.6 Å². The van der Waals surface area contributed by atoms with Crippen LogP contribution in [0.4, 0.5) is 14.5 Å². The van der Waals surface area contributed by atoms with Crippen LogP contribution in [-0.4, -0.2) is 18.8 Å². The maximum absolute atomic E-state index is 13.0. The van der Waals surface area contributed by atoms with Crippen LogP contribution in [0.1, 0.15) is 0 Å². The van der Waals surface area contributed by atoms with Gasteiger partial charge in [-0.2, -0.15) is 0 Å². The summed E-state index contributed by atoms with van der Waals surface area (Å²) in [5, 5.41) is 2.65. The van der Waals surface area contributed by atoms with E-state index >= 15 is 0 Å². The number of carbonyl (C=O) groups is 1. The van der Waals surface area contributed by atoms with Crippen molar-refractivity contribution in [2.45, 2.75) is 4.90 Å². The van der Waals surface area contributed by atoms with Crippen molar-refractivity contribution in [3.05, 3.63) is 54.1 Å². The zero-order chi connectivity index (χ0) is 15.2. The second kappa shape index (κ2) is 7.08. The first-order valence-electron chi connectivity index (χ1n) is 6.10. The fourth-order valence-electron chi connectivity index (χ4n) is 1.59. The van der Waals surface area contributed by atoms with Gasteiger partial charge in [-0.25, -0.2) is 8.78 Å². The van der Waals surface area contributed by atoms with Crippen molar-refractivity contribution in [1.29, 1.82) is 0 Å². The molecule has 0 aliphatic rings. The summed E-state index contributed by atoms with van der Waals surface area (Å²) in [6, 6.07) is 10.4. The van der Waals surface area contributed by atoms with Crippen molar-refractivity contribution in [2.24, 2.45) is 0 Å². The minimum absolute atomic E-state index is 0.0989. The molecule has 0 saturated carbocycles. The van der Waals surface area contributed by atoms with Crippen LogP contribution in [0.25, 0.3) is 0 Å². The van der Waals surface area contributed by atoms with E-state index in [-0.39, 0.29) is 18.3 Å². The first-order valence-corrected chi connectivity index (χ1v) is 7.32. The zero-order valence-electron chi connectivity index (χ0n) is 11.2. The molecule has 0 aliphatic carbocycles. The highest BCUT2D eigenvalue weighted by molar-refractivity contribution is 7.98. The highest BCUT2D eigenvalue weighted by Gasteiger charge is 2.06. The Morgan fingerprint density at radius 2 is 1.86 bits per heavy atom. The van der Waals surface area contributed by atoms with Gasteiger partial charge in [0.2, 0.25) is 0 Å². The Labute approximate surface area is 125 Å². The molecule has 6 heteroatoms. The third-order valence-corrected chi connectivity index (χ3v) is 3.38. The second-order valence-corrected chi connectivity index (χ2v) is 5.02. The summed E-state index contributed by atoms with van der Waals surface area (Å²) in [6.45, 7) is -0.282. The summed E-state index contributed by atoms with van der Waals surface area (Å²) in [6.07, 6.45) is 1.96. The molecule has 0 heterocycles. The van der Waals surface area contributed by atoms with E-state index < -0.39 is 11.6 Å². The minimum atomic E-state index is -1.01. The summed E-state index contributed by atoms with van der Waals surface area (Å²) in [7, 11) is 0. The lowest BCUT2D eigenvalue weighted by Gasteiger charge is -2.08. The van der Waals surface area contributed by atoms with Crippen LogP contribution in [0.2, 0.25) is 0 Å². The van der Waals surface area contributed by atoms with Crippen LogP contribution < -0.4 is 10.1 Å². The number of carbonyl (C=O) groups excluding carboxylic acids is 1. The molecule has 0 unspecified atom stereocenters. The molecule has 0 saturated heterocycles. The van der Waals surface area contributed by atoms with E-state index in [0.717, 1.165) is 17.0 Å². The molecule has 0 atom stereocenters. The van der Waals surface area contributed by atoms with Gasteiger partial charge in [0.25, 0.3) is 5.91 Å². The Kier molecular flexibility index (Phi) is 5.16. The van der Waals surface area contributed by atoms with E-state index in [1.807, 2.05) is 18.4 Å². The lowest BCUT2D eigenvalue weighted by atomic mass is 10.3. The number of anilines is 1. The molecule has 0 aromatic heterocycles. The van der Waals surface area contributed by atoms with Crippen molar-refractivity contribution in [2.75, 3.05) is 18.2 Å². The van der Waals surface area contributed by atoms with Crippen LogP contribution in [0.5, 0.6) is 5.75 Å². The Morgan fingerprint density at radius 1 is 1.14 bits per heavy atom. The molecule has 2 rings (SSSR count). The minimum Gasteiger partial charge on any atom is -0.484 e. The van der Waals surface area contributed by atoms with Gasteiger partial charge < -0.3 is 10.1 Å². The average Bonchev–Trinajstić information content (AvgIpc) is 2.49. The summed E-state index contributed by atoms with van der Waals surface area (Å²) in [5.74, 6) is -2.25. The normalized spacial score (nSPS) is 10.2. The Morgan fingerprint density at radius 3 is 2.48 bits per heavy atom. The topological polar surface area (TPSA) is 38.3 Å². The molecule has 110 valence electrons. The number of nitrogens with one attached hydrogen (secondary N) is 1. The lowest BCUT2D eigenvalue weighted by Crippen LogP contribution is -2.20. The fraction of sp³-hybridized carbons (Fsp3) is 0.133. The van der Waals surface area contributed by atoms with Crippen LogP contribution in [-0.2, 0) is 4.79 Å². The number of hydrogen-bond acceptors (Lipinski definition) is 3. The molecule has 2 aromatic rings. The van der Waals surface area contributed by atoms with Crippen LogP contribution in [0, 0.1) is 11.6 Å². The summed E-state index contributed by atoms with van der Waals surface area (Å²) in [4.78, 5) is 12.8. The number of ether oxygens (including phenoxy) is 1. The van der Waals surface area contributed by atoms with Gasteiger partial charge in [-0.05, 0) is 42.7 Å². The van der Waals surface area contributed by atoms with Crippen molar-refractivity contribution in [3.63, 3.8) is 0 Å². The molecular weight excluding hydrogens is 296 g/mol. The predicted octanol–water partition coefficient (Wildman–Crippen LogP) is 3.70. The molecule has 1 N–H and O–H groups in total. The Hall–Kier alpha value is -2.08. The zero-order valence-corrected chi connectivity index (χ0v) is 12.0. The van der Waals surface area contributed by atoms with Gasteiger partial charge >= 0.3 is 0 Å². The van der Waals surface area contributed by atoms with Gasteiger partial charge in [-0.3, -0.25) is 4.79 Å². The molecule has 0 spiro atoms.